The van der Waals surface area contributed by atoms with Gasteiger partial charge in [-0.1, -0.05) is 29.3 Å². The Labute approximate surface area is 90.6 Å². The van der Waals surface area contributed by atoms with Crippen LogP contribution < -0.4 is 5.73 Å². The fraction of sp³-hybridized carbons (Fsp3) is 0.333. The van der Waals surface area contributed by atoms with Crippen LogP contribution in [0.25, 0.3) is 0 Å². The zero-order valence-corrected chi connectivity index (χ0v) is 9.60. The van der Waals surface area contributed by atoms with E-state index >= 15 is 0 Å². The van der Waals surface area contributed by atoms with Crippen molar-refractivity contribution in [3.05, 3.63) is 46.0 Å². The number of aryl methyl sites for hydroxylation is 1. The Balaban J connectivity index is 3.01. The molecular weight excluding hydrogens is 194 g/mol. The zero-order chi connectivity index (χ0) is 10.7. The van der Waals surface area contributed by atoms with Crippen LogP contribution in [0.4, 0.5) is 0 Å². The lowest BCUT2D eigenvalue weighted by atomic mass is 10.0. The Morgan fingerprint density at radius 3 is 2.50 bits per heavy atom. The first-order valence-electron chi connectivity index (χ1n) is 4.67. The standard InChI is InChI=1S/C12H16ClN/c1-8(2)4-12(14)10-5-9(3)6-11(13)7-10/h4-7,12H,14H2,1-3H3. The molecule has 1 aromatic carbocycles. The number of rotatable bonds is 2. The van der Waals surface area contributed by atoms with Gasteiger partial charge in [-0.2, -0.15) is 0 Å². The topological polar surface area (TPSA) is 26.0 Å². The van der Waals surface area contributed by atoms with E-state index in [9.17, 15) is 0 Å². The molecule has 0 aliphatic carbocycles. The monoisotopic (exact) mass is 209 g/mol. The van der Waals surface area contributed by atoms with Crippen LogP contribution >= 0.6 is 11.6 Å². The number of hydrogen-bond donors (Lipinski definition) is 1. The lowest BCUT2D eigenvalue weighted by Crippen LogP contribution is -2.07. The van der Waals surface area contributed by atoms with E-state index in [2.05, 4.69) is 6.07 Å². The second-order valence-electron chi connectivity index (χ2n) is 3.83. The highest BCUT2D eigenvalue weighted by molar-refractivity contribution is 6.30. The highest BCUT2D eigenvalue weighted by atomic mass is 35.5. The van der Waals surface area contributed by atoms with E-state index in [1.807, 2.05) is 39.0 Å². The predicted octanol–water partition coefficient (Wildman–Crippen LogP) is 3.61. The third-order valence-electron chi connectivity index (χ3n) is 1.96. The van der Waals surface area contributed by atoms with Gasteiger partial charge in [-0.3, -0.25) is 0 Å². The fourth-order valence-corrected chi connectivity index (χ4v) is 1.71. The van der Waals surface area contributed by atoms with E-state index in [0.29, 0.717) is 0 Å². The number of hydrogen-bond acceptors (Lipinski definition) is 1. The molecule has 1 nitrogen and oxygen atoms in total. The Kier molecular flexibility index (Phi) is 3.73. The van der Waals surface area contributed by atoms with Crippen LogP contribution in [0.15, 0.2) is 29.8 Å². The molecule has 0 heterocycles. The summed E-state index contributed by atoms with van der Waals surface area (Å²) in [5.74, 6) is 0. The minimum atomic E-state index is -0.0580. The molecule has 1 atom stereocenters. The van der Waals surface area contributed by atoms with Gasteiger partial charge in [-0.15, -0.1) is 0 Å². The summed E-state index contributed by atoms with van der Waals surface area (Å²) >= 11 is 5.95. The summed E-state index contributed by atoms with van der Waals surface area (Å²) in [6.45, 7) is 6.10. The summed E-state index contributed by atoms with van der Waals surface area (Å²) in [7, 11) is 0. The number of benzene rings is 1. The highest BCUT2D eigenvalue weighted by Gasteiger charge is 2.03. The summed E-state index contributed by atoms with van der Waals surface area (Å²) < 4.78 is 0. The molecule has 1 unspecified atom stereocenters. The van der Waals surface area contributed by atoms with E-state index in [1.165, 1.54) is 5.57 Å². The average Bonchev–Trinajstić information content (AvgIpc) is 2.00. The second kappa shape index (κ2) is 4.63. The minimum Gasteiger partial charge on any atom is -0.321 e. The largest absolute Gasteiger partial charge is 0.321 e. The zero-order valence-electron chi connectivity index (χ0n) is 8.84. The van der Waals surface area contributed by atoms with Crippen molar-refractivity contribution in [2.45, 2.75) is 26.8 Å². The van der Waals surface area contributed by atoms with Gasteiger partial charge in [0.15, 0.2) is 0 Å². The van der Waals surface area contributed by atoms with E-state index in [4.69, 9.17) is 17.3 Å². The van der Waals surface area contributed by atoms with E-state index in [-0.39, 0.29) is 6.04 Å². The minimum absolute atomic E-state index is 0.0580. The Morgan fingerprint density at radius 1 is 1.36 bits per heavy atom. The number of nitrogens with two attached hydrogens (primary N) is 1. The van der Waals surface area contributed by atoms with E-state index in [0.717, 1.165) is 16.1 Å². The van der Waals surface area contributed by atoms with Crippen molar-refractivity contribution in [1.29, 1.82) is 0 Å². The smallest absolute Gasteiger partial charge is 0.0484 e. The molecule has 0 aliphatic heterocycles. The van der Waals surface area contributed by atoms with Crippen molar-refractivity contribution < 1.29 is 0 Å². The van der Waals surface area contributed by atoms with Crippen LogP contribution in [0.2, 0.25) is 5.02 Å². The maximum atomic E-state index is 6.00. The third-order valence-corrected chi connectivity index (χ3v) is 2.18. The number of halogens is 1. The lowest BCUT2D eigenvalue weighted by molar-refractivity contribution is 0.897. The summed E-state index contributed by atoms with van der Waals surface area (Å²) in [5, 5.41) is 0.748. The van der Waals surface area contributed by atoms with E-state index < -0.39 is 0 Å². The van der Waals surface area contributed by atoms with E-state index in [1.54, 1.807) is 0 Å². The Morgan fingerprint density at radius 2 is 2.00 bits per heavy atom. The molecule has 0 saturated heterocycles. The van der Waals surface area contributed by atoms with Crippen molar-refractivity contribution in [3.8, 4) is 0 Å². The predicted molar refractivity (Wildman–Crippen MR) is 62.5 cm³/mol. The fourth-order valence-electron chi connectivity index (χ4n) is 1.41. The van der Waals surface area contributed by atoms with Gasteiger partial charge in [0.25, 0.3) is 0 Å². The van der Waals surface area contributed by atoms with Gasteiger partial charge in [-0.05, 0) is 44.0 Å². The summed E-state index contributed by atoms with van der Waals surface area (Å²) in [5.41, 5.74) is 9.43. The van der Waals surface area contributed by atoms with Crippen LogP contribution in [0.5, 0.6) is 0 Å². The van der Waals surface area contributed by atoms with Crippen LogP contribution in [0, 0.1) is 6.92 Å². The Bertz CT molecular complexity index is 331. The summed E-state index contributed by atoms with van der Waals surface area (Å²) in [6, 6.07) is 5.85. The molecule has 0 aromatic heterocycles. The molecule has 0 saturated carbocycles. The van der Waals surface area contributed by atoms with Crippen molar-refractivity contribution in [1.82, 2.24) is 0 Å². The maximum absolute atomic E-state index is 6.00. The normalized spacial score (nSPS) is 12.4. The van der Waals surface area contributed by atoms with Crippen LogP contribution in [0.1, 0.15) is 31.0 Å². The molecule has 76 valence electrons. The quantitative estimate of drug-likeness (QED) is 0.740. The maximum Gasteiger partial charge on any atom is 0.0484 e. The van der Waals surface area contributed by atoms with Gasteiger partial charge in [0, 0.05) is 11.1 Å². The molecule has 1 rings (SSSR count). The average molecular weight is 210 g/mol. The molecule has 2 heteroatoms. The molecule has 2 N–H and O–H groups in total. The first-order valence-corrected chi connectivity index (χ1v) is 5.04. The van der Waals surface area contributed by atoms with Gasteiger partial charge in [0.05, 0.1) is 0 Å². The second-order valence-corrected chi connectivity index (χ2v) is 4.27. The molecule has 0 fully saturated rings. The van der Waals surface area contributed by atoms with Crippen LogP contribution in [-0.2, 0) is 0 Å². The molecule has 0 amide bonds. The lowest BCUT2D eigenvalue weighted by Gasteiger charge is -2.09. The van der Waals surface area contributed by atoms with Crippen molar-refractivity contribution in [2.75, 3.05) is 0 Å². The van der Waals surface area contributed by atoms with Crippen LogP contribution in [0.3, 0.4) is 0 Å². The van der Waals surface area contributed by atoms with Crippen molar-refractivity contribution in [3.63, 3.8) is 0 Å². The van der Waals surface area contributed by atoms with Crippen LogP contribution in [-0.4, -0.2) is 0 Å². The van der Waals surface area contributed by atoms with Gasteiger partial charge in [0.1, 0.15) is 0 Å². The van der Waals surface area contributed by atoms with Gasteiger partial charge >= 0.3 is 0 Å². The summed E-state index contributed by atoms with van der Waals surface area (Å²) in [4.78, 5) is 0. The molecule has 0 aliphatic rings. The van der Waals surface area contributed by atoms with Crippen molar-refractivity contribution in [2.24, 2.45) is 5.73 Å². The first-order chi connectivity index (χ1) is 6.49. The van der Waals surface area contributed by atoms with Crippen molar-refractivity contribution >= 4 is 11.6 Å². The van der Waals surface area contributed by atoms with Gasteiger partial charge in [-0.25, -0.2) is 0 Å². The first kappa shape index (κ1) is 11.3. The molecule has 1 aromatic rings. The molecular formula is C12H16ClN. The van der Waals surface area contributed by atoms with Gasteiger partial charge < -0.3 is 5.73 Å². The highest BCUT2D eigenvalue weighted by Crippen LogP contribution is 2.20. The number of allylic oxidation sites excluding steroid dienone is 1. The Hall–Kier alpha value is -0.790. The molecule has 0 radical (unpaired) electrons. The van der Waals surface area contributed by atoms with Gasteiger partial charge in [0.2, 0.25) is 0 Å². The molecule has 0 spiro atoms. The molecule has 14 heavy (non-hydrogen) atoms. The molecule has 0 bridgehead atoms. The summed E-state index contributed by atoms with van der Waals surface area (Å²) in [6.07, 6.45) is 2.03. The third kappa shape index (κ3) is 3.17. The SMILES string of the molecule is CC(C)=CC(N)c1cc(C)cc(Cl)c1.